The van der Waals surface area contributed by atoms with E-state index in [2.05, 4.69) is 10.6 Å². The molecule has 0 radical (unpaired) electrons. The van der Waals surface area contributed by atoms with E-state index in [-0.39, 0.29) is 53.5 Å². The number of aliphatic hydroxyl groups excluding tert-OH is 1. The van der Waals surface area contributed by atoms with Crippen molar-refractivity contribution in [3.8, 4) is 11.5 Å². The Morgan fingerprint density at radius 2 is 1.93 bits per heavy atom. The summed E-state index contributed by atoms with van der Waals surface area (Å²) in [5.74, 6) is -0.796. The van der Waals surface area contributed by atoms with Gasteiger partial charge in [0.1, 0.15) is 11.5 Å². The number of fused-ring (bicyclic) bond motifs is 2. The molecule has 1 aliphatic rings. The monoisotopic (exact) mass is 598 g/mol. The Morgan fingerprint density at radius 1 is 1.19 bits per heavy atom. The molecule has 5 N–H and O–H groups in total. The van der Waals surface area contributed by atoms with E-state index < -0.39 is 12.2 Å². The number of aryl methyl sites for hydroxylation is 1. The molecular weight excluding hydrogens is 548 g/mol. The number of anilines is 1. The Labute approximate surface area is 256 Å². The number of methoxy groups -OCH3 is 1. The molecule has 1 aromatic rings. The van der Waals surface area contributed by atoms with Crippen molar-refractivity contribution in [2.45, 2.75) is 97.0 Å². The number of nitrogens with one attached hydrogen (secondary N) is 2. The number of phenolic OH excluding ortho intramolecular Hbond substituents is 2. The lowest BCUT2D eigenvalue weighted by molar-refractivity contribution is -0.122. The molecule has 0 aliphatic carbocycles. The maximum atomic E-state index is 12.7. The van der Waals surface area contributed by atoms with Crippen molar-refractivity contribution in [1.82, 2.24) is 5.32 Å². The molecule has 1 aromatic carbocycles. The summed E-state index contributed by atoms with van der Waals surface area (Å²) < 4.78 is 11.7. The van der Waals surface area contributed by atoms with Gasteiger partial charge in [0.05, 0.1) is 37.0 Å². The summed E-state index contributed by atoms with van der Waals surface area (Å²) in [7, 11) is 1.51. The van der Waals surface area contributed by atoms with E-state index in [1.54, 1.807) is 12.2 Å². The summed E-state index contributed by atoms with van der Waals surface area (Å²) in [6, 6.07) is 2.61. The van der Waals surface area contributed by atoms with Crippen molar-refractivity contribution >= 4 is 17.5 Å². The maximum Gasteiger partial charge on any atom is 0.227 e. The van der Waals surface area contributed by atoms with Crippen LogP contribution in [0.5, 0.6) is 11.5 Å². The van der Waals surface area contributed by atoms with E-state index in [4.69, 9.17) is 9.47 Å². The molecule has 2 amide bonds. The molecule has 9 nitrogen and oxygen atoms in total. The third-order valence-electron chi connectivity index (χ3n) is 7.46. The third kappa shape index (κ3) is 12.8. The SMILES string of the molecule is CCCCC(=O)NC(C)COC1CC=CC=CC=CC(OC)CC(=O)Nc2cc(O)cc(c2O)CCC=C(C)C(O)C1C. The minimum atomic E-state index is -0.779. The highest BCUT2D eigenvalue weighted by Gasteiger charge is 2.26. The predicted molar refractivity (Wildman–Crippen MR) is 170 cm³/mol. The van der Waals surface area contributed by atoms with Crippen LogP contribution in [0.2, 0.25) is 0 Å². The van der Waals surface area contributed by atoms with Crippen LogP contribution in [-0.2, 0) is 25.5 Å². The molecule has 0 saturated heterocycles. The molecule has 0 aromatic heterocycles. The standard InChI is InChI=1S/C34H50N2O7/c1-6-7-18-31(38)35-24(3)22-43-30-17-12-10-8-9-11-16-28(42-5)21-32(39)36-29-20-27(37)19-26(34(29)41)15-13-14-23(2)33(40)25(30)4/h8-12,14,16,19-20,24-25,28,30,33,37,40-41H,6-7,13,15,17-18,21-22H2,1-5H3,(H,35,38)(H,36,39). The van der Waals surface area contributed by atoms with Gasteiger partial charge in [-0.3, -0.25) is 9.59 Å². The Hall–Kier alpha value is -3.40. The van der Waals surface area contributed by atoms with Crippen molar-refractivity contribution in [3.05, 3.63) is 65.8 Å². The summed E-state index contributed by atoms with van der Waals surface area (Å²) >= 11 is 0. The summed E-state index contributed by atoms with van der Waals surface area (Å²) in [5.41, 5.74) is 1.36. The summed E-state index contributed by atoms with van der Waals surface area (Å²) in [4.78, 5) is 24.8. The van der Waals surface area contributed by atoms with Crippen LogP contribution in [0.15, 0.2) is 60.2 Å². The molecule has 0 fully saturated rings. The van der Waals surface area contributed by atoms with Gasteiger partial charge < -0.3 is 35.4 Å². The number of carbonyl (C=O) groups excluding carboxylic acids is 2. The first-order chi connectivity index (χ1) is 20.5. The number of benzene rings is 1. The van der Waals surface area contributed by atoms with Crippen LogP contribution in [0.1, 0.15) is 71.8 Å². The predicted octanol–water partition coefficient (Wildman–Crippen LogP) is 5.47. The molecule has 0 spiro atoms. The molecule has 2 bridgehead atoms. The van der Waals surface area contributed by atoms with E-state index in [0.717, 1.165) is 18.4 Å². The molecule has 0 saturated carbocycles. The van der Waals surface area contributed by atoms with E-state index in [9.17, 15) is 24.9 Å². The second kappa shape index (κ2) is 19.0. The molecule has 238 valence electrons. The van der Waals surface area contributed by atoms with Crippen LogP contribution < -0.4 is 10.6 Å². The average molecular weight is 599 g/mol. The number of allylic oxidation sites excluding steroid dienone is 5. The van der Waals surface area contributed by atoms with Crippen molar-refractivity contribution in [3.63, 3.8) is 0 Å². The lowest BCUT2D eigenvalue weighted by Gasteiger charge is -2.29. The lowest BCUT2D eigenvalue weighted by Crippen LogP contribution is -2.39. The normalized spacial score (nSPS) is 23.1. The zero-order valence-electron chi connectivity index (χ0n) is 26.2. The number of amides is 2. The molecule has 2 rings (SSSR count). The number of hydrogen-bond acceptors (Lipinski definition) is 7. The molecule has 43 heavy (non-hydrogen) atoms. The van der Waals surface area contributed by atoms with Gasteiger partial charge in [0.15, 0.2) is 0 Å². The second-order valence-corrected chi connectivity index (χ2v) is 11.2. The molecule has 1 aliphatic heterocycles. The minimum Gasteiger partial charge on any atom is -0.508 e. The Morgan fingerprint density at radius 3 is 2.65 bits per heavy atom. The third-order valence-corrected chi connectivity index (χ3v) is 7.46. The number of aliphatic hydroxyl groups is 1. The lowest BCUT2D eigenvalue weighted by atomic mass is 9.90. The van der Waals surface area contributed by atoms with Gasteiger partial charge in [-0.05, 0) is 56.7 Å². The van der Waals surface area contributed by atoms with Gasteiger partial charge in [-0.15, -0.1) is 0 Å². The average Bonchev–Trinajstić information content (AvgIpc) is 2.97. The fourth-order valence-electron chi connectivity index (χ4n) is 4.81. The Balaban J connectivity index is 2.28. The summed E-state index contributed by atoms with van der Waals surface area (Å²) in [5, 5.41) is 37.9. The first-order valence-electron chi connectivity index (χ1n) is 15.2. The van der Waals surface area contributed by atoms with E-state index in [0.29, 0.717) is 37.9 Å². The van der Waals surface area contributed by atoms with Crippen molar-refractivity contribution in [1.29, 1.82) is 0 Å². The van der Waals surface area contributed by atoms with E-state index >= 15 is 0 Å². The van der Waals surface area contributed by atoms with Crippen LogP contribution in [0, 0.1) is 5.92 Å². The summed E-state index contributed by atoms with van der Waals surface area (Å²) in [6.45, 7) is 8.08. The summed E-state index contributed by atoms with van der Waals surface area (Å²) in [6.07, 6.45) is 15.2. The van der Waals surface area contributed by atoms with Gasteiger partial charge in [-0.2, -0.15) is 0 Å². The number of aromatic hydroxyl groups is 2. The van der Waals surface area contributed by atoms with Crippen molar-refractivity contribution in [2.24, 2.45) is 5.92 Å². The first-order valence-corrected chi connectivity index (χ1v) is 15.2. The highest BCUT2D eigenvalue weighted by atomic mass is 16.5. The van der Waals surface area contributed by atoms with Crippen molar-refractivity contribution in [2.75, 3.05) is 19.0 Å². The van der Waals surface area contributed by atoms with Gasteiger partial charge in [-0.1, -0.05) is 62.8 Å². The Kier molecular flexibility index (Phi) is 15.8. The number of phenols is 2. The van der Waals surface area contributed by atoms with Gasteiger partial charge >= 0.3 is 0 Å². The van der Waals surface area contributed by atoms with Gasteiger partial charge in [0, 0.05) is 31.6 Å². The van der Waals surface area contributed by atoms with E-state index in [1.807, 2.05) is 58.1 Å². The zero-order valence-corrected chi connectivity index (χ0v) is 26.2. The largest absolute Gasteiger partial charge is 0.508 e. The van der Waals surface area contributed by atoms with Crippen LogP contribution in [0.4, 0.5) is 5.69 Å². The Bertz CT molecular complexity index is 1160. The number of rotatable bonds is 8. The fourth-order valence-corrected chi connectivity index (χ4v) is 4.81. The van der Waals surface area contributed by atoms with Crippen LogP contribution in [0.3, 0.4) is 0 Å². The molecule has 9 heteroatoms. The second-order valence-electron chi connectivity index (χ2n) is 11.2. The highest BCUT2D eigenvalue weighted by molar-refractivity contribution is 5.93. The topological polar surface area (TPSA) is 137 Å². The number of unbranched alkanes of at least 4 members (excludes halogenated alkanes) is 1. The number of hydrogen-bond donors (Lipinski definition) is 5. The first kappa shape index (κ1) is 35.8. The zero-order chi connectivity index (χ0) is 31.8. The quantitative estimate of drug-likeness (QED) is 0.152. The maximum absolute atomic E-state index is 12.7. The van der Waals surface area contributed by atoms with Crippen molar-refractivity contribution < 1.29 is 34.4 Å². The van der Waals surface area contributed by atoms with Crippen LogP contribution in [-0.4, -0.2) is 65.2 Å². The van der Waals surface area contributed by atoms with Crippen LogP contribution >= 0.6 is 0 Å². The fraction of sp³-hybridized carbons (Fsp3) is 0.529. The molecule has 5 atom stereocenters. The van der Waals surface area contributed by atoms with Gasteiger partial charge in [-0.25, -0.2) is 0 Å². The number of ether oxygens (including phenoxy) is 2. The van der Waals surface area contributed by atoms with Crippen LogP contribution in [0.25, 0.3) is 0 Å². The van der Waals surface area contributed by atoms with Gasteiger partial charge in [0.25, 0.3) is 0 Å². The smallest absolute Gasteiger partial charge is 0.227 e. The number of carbonyl (C=O) groups is 2. The molecular formula is C34H50N2O7. The minimum absolute atomic E-state index is 0.00978. The molecule has 1 heterocycles. The van der Waals surface area contributed by atoms with Gasteiger partial charge in [0.2, 0.25) is 11.8 Å². The highest BCUT2D eigenvalue weighted by Crippen LogP contribution is 2.34. The molecule has 5 unspecified atom stereocenters. The van der Waals surface area contributed by atoms with E-state index in [1.165, 1.54) is 19.2 Å².